The molecule has 2 aromatic rings. The van der Waals surface area contributed by atoms with Gasteiger partial charge in [-0.2, -0.15) is 5.10 Å². The summed E-state index contributed by atoms with van der Waals surface area (Å²) in [5.41, 5.74) is 5.56. The van der Waals surface area contributed by atoms with Crippen molar-refractivity contribution in [1.29, 1.82) is 0 Å². The lowest BCUT2D eigenvalue weighted by molar-refractivity contribution is 0.722. The Morgan fingerprint density at radius 3 is 2.89 bits per heavy atom. The second-order valence-corrected chi connectivity index (χ2v) is 5.16. The lowest BCUT2D eigenvalue weighted by Gasteiger charge is -2.24. The quantitative estimate of drug-likeness (QED) is 0.851. The fraction of sp³-hybridized carbons (Fsp3) is 0.333. The highest BCUT2D eigenvalue weighted by molar-refractivity contribution is 5.57. The van der Waals surface area contributed by atoms with E-state index in [4.69, 9.17) is 0 Å². The molecule has 98 valence electrons. The summed E-state index contributed by atoms with van der Waals surface area (Å²) >= 11 is 0. The van der Waals surface area contributed by atoms with Gasteiger partial charge < -0.3 is 4.90 Å². The Bertz CT molecular complexity index is 690. The van der Waals surface area contributed by atoms with Crippen molar-refractivity contribution in [2.24, 2.45) is 0 Å². The zero-order valence-electron chi connectivity index (χ0n) is 11.4. The molecular formula is C15H17N3O. The van der Waals surface area contributed by atoms with E-state index < -0.39 is 0 Å². The average molecular weight is 255 g/mol. The Balaban J connectivity index is 2.09. The number of hydrogen-bond donors (Lipinski definition) is 1. The monoisotopic (exact) mass is 255 g/mol. The molecule has 1 atom stereocenters. The number of anilines is 1. The zero-order chi connectivity index (χ0) is 13.6. The van der Waals surface area contributed by atoms with Crippen molar-refractivity contribution in [3.63, 3.8) is 0 Å². The molecule has 19 heavy (non-hydrogen) atoms. The van der Waals surface area contributed by atoms with Crippen LogP contribution in [0.2, 0.25) is 0 Å². The number of nitrogens with zero attached hydrogens (tertiary/aromatic N) is 2. The second kappa shape index (κ2) is 4.23. The molecule has 1 unspecified atom stereocenters. The third kappa shape index (κ3) is 1.75. The highest BCUT2D eigenvalue weighted by Gasteiger charge is 2.29. The van der Waals surface area contributed by atoms with Gasteiger partial charge in [-0.05, 0) is 37.5 Å². The van der Waals surface area contributed by atoms with Crippen LogP contribution in [0.5, 0.6) is 0 Å². The molecule has 1 N–H and O–H groups in total. The van der Waals surface area contributed by atoms with Crippen LogP contribution in [0.15, 0.2) is 29.2 Å². The van der Waals surface area contributed by atoms with Crippen LogP contribution in [0.25, 0.3) is 0 Å². The van der Waals surface area contributed by atoms with Gasteiger partial charge in [0.1, 0.15) is 0 Å². The molecule has 0 spiro atoms. The number of aromatic nitrogens is 2. The third-order valence-electron chi connectivity index (χ3n) is 4.08. The van der Waals surface area contributed by atoms with E-state index in [0.29, 0.717) is 0 Å². The minimum atomic E-state index is -0.114. The molecule has 0 saturated carbocycles. The van der Waals surface area contributed by atoms with E-state index in [1.807, 2.05) is 6.92 Å². The molecule has 1 aliphatic rings. The molecular weight excluding hydrogens is 238 g/mol. The summed E-state index contributed by atoms with van der Waals surface area (Å²) in [6, 6.07) is 6.68. The molecule has 0 amide bonds. The lowest BCUT2D eigenvalue weighted by Crippen LogP contribution is -2.24. The Morgan fingerprint density at radius 2 is 2.16 bits per heavy atom. The van der Waals surface area contributed by atoms with Crippen LogP contribution in [-0.4, -0.2) is 10.2 Å². The van der Waals surface area contributed by atoms with Crippen LogP contribution in [-0.2, 0) is 6.54 Å². The standard InChI is InChI=1S/C15H17N3O/c1-9-5-4-6-12-11(3)18(8-13(9)12)14-7-16-17-15(19)10(14)2/h4-7,11H,8H2,1-3H3,(H,17,19). The summed E-state index contributed by atoms with van der Waals surface area (Å²) in [6.45, 7) is 7.00. The van der Waals surface area contributed by atoms with Crippen LogP contribution in [0.4, 0.5) is 5.69 Å². The van der Waals surface area contributed by atoms with Crippen LogP contribution < -0.4 is 10.5 Å². The van der Waals surface area contributed by atoms with E-state index in [2.05, 4.69) is 47.1 Å². The number of fused-ring (bicyclic) bond motifs is 1. The maximum atomic E-state index is 11.7. The van der Waals surface area contributed by atoms with Gasteiger partial charge in [0.25, 0.3) is 5.56 Å². The van der Waals surface area contributed by atoms with Gasteiger partial charge in [-0.3, -0.25) is 4.79 Å². The summed E-state index contributed by atoms with van der Waals surface area (Å²) in [4.78, 5) is 13.9. The number of H-pyrrole nitrogens is 1. The van der Waals surface area contributed by atoms with E-state index in [0.717, 1.165) is 17.8 Å². The molecule has 0 fully saturated rings. The molecule has 0 bridgehead atoms. The zero-order valence-corrected chi connectivity index (χ0v) is 11.4. The highest BCUT2D eigenvalue weighted by Crippen LogP contribution is 2.38. The number of hydrogen-bond acceptors (Lipinski definition) is 3. The highest BCUT2D eigenvalue weighted by atomic mass is 16.1. The van der Waals surface area contributed by atoms with Gasteiger partial charge in [0.05, 0.1) is 17.9 Å². The first-order chi connectivity index (χ1) is 9.09. The predicted octanol–water partition coefficient (Wildman–Crippen LogP) is 2.47. The molecule has 2 heterocycles. The van der Waals surface area contributed by atoms with Gasteiger partial charge >= 0.3 is 0 Å². The number of nitrogens with one attached hydrogen (secondary N) is 1. The summed E-state index contributed by atoms with van der Waals surface area (Å²) in [6.07, 6.45) is 1.74. The Morgan fingerprint density at radius 1 is 1.37 bits per heavy atom. The minimum Gasteiger partial charge on any atom is -0.359 e. The molecule has 0 saturated heterocycles. The summed E-state index contributed by atoms with van der Waals surface area (Å²) in [7, 11) is 0. The van der Waals surface area contributed by atoms with Crippen LogP contribution in [0.1, 0.15) is 35.2 Å². The van der Waals surface area contributed by atoms with Crippen molar-refractivity contribution in [2.75, 3.05) is 4.90 Å². The van der Waals surface area contributed by atoms with Gasteiger partial charge in [0.2, 0.25) is 0 Å². The third-order valence-corrected chi connectivity index (χ3v) is 4.08. The molecule has 1 aromatic carbocycles. The molecule has 0 aliphatic carbocycles. The molecule has 1 aromatic heterocycles. The van der Waals surface area contributed by atoms with Crippen LogP contribution >= 0.6 is 0 Å². The van der Waals surface area contributed by atoms with Gasteiger partial charge in [0.15, 0.2) is 0 Å². The normalized spacial score (nSPS) is 17.6. The van der Waals surface area contributed by atoms with Gasteiger partial charge in [-0.25, -0.2) is 5.10 Å². The van der Waals surface area contributed by atoms with Crippen LogP contribution in [0, 0.1) is 13.8 Å². The van der Waals surface area contributed by atoms with Crippen molar-refractivity contribution in [3.8, 4) is 0 Å². The molecule has 4 nitrogen and oxygen atoms in total. The van der Waals surface area contributed by atoms with Gasteiger partial charge in [-0.15, -0.1) is 0 Å². The first kappa shape index (κ1) is 12.0. The van der Waals surface area contributed by atoms with E-state index in [1.165, 1.54) is 16.7 Å². The fourth-order valence-electron chi connectivity index (χ4n) is 2.84. The molecule has 3 rings (SSSR count). The topological polar surface area (TPSA) is 49.0 Å². The SMILES string of the molecule is Cc1cccc2c1CN(c1cn[nH]c(=O)c1C)C2C. The van der Waals surface area contributed by atoms with Gasteiger partial charge in [-0.1, -0.05) is 18.2 Å². The first-order valence-corrected chi connectivity index (χ1v) is 6.49. The molecule has 1 aliphatic heterocycles. The van der Waals surface area contributed by atoms with Gasteiger partial charge in [0, 0.05) is 12.1 Å². The first-order valence-electron chi connectivity index (χ1n) is 6.49. The fourth-order valence-corrected chi connectivity index (χ4v) is 2.84. The van der Waals surface area contributed by atoms with E-state index in [-0.39, 0.29) is 11.6 Å². The number of aromatic amines is 1. The van der Waals surface area contributed by atoms with E-state index in [1.54, 1.807) is 6.20 Å². The average Bonchev–Trinajstić information content (AvgIpc) is 2.72. The summed E-state index contributed by atoms with van der Waals surface area (Å²) in [5.74, 6) is 0. The maximum Gasteiger partial charge on any atom is 0.269 e. The van der Waals surface area contributed by atoms with Crippen LogP contribution in [0.3, 0.4) is 0 Å². The van der Waals surface area contributed by atoms with Crippen molar-refractivity contribution in [1.82, 2.24) is 10.2 Å². The Hall–Kier alpha value is -2.10. The minimum absolute atomic E-state index is 0.114. The van der Waals surface area contributed by atoms with Crippen molar-refractivity contribution < 1.29 is 0 Å². The van der Waals surface area contributed by atoms with E-state index in [9.17, 15) is 4.79 Å². The van der Waals surface area contributed by atoms with E-state index >= 15 is 0 Å². The van der Waals surface area contributed by atoms with Crippen molar-refractivity contribution in [2.45, 2.75) is 33.4 Å². The Labute approximate surface area is 112 Å². The summed E-state index contributed by atoms with van der Waals surface area (Å²) < 4.78 is 0. The second-order valence-electron chi connectivity index (χ2n) is 5.16. The smallest absolute Gasteiger partial charge is 0.269 e. The lowest BCUT2D eigenvalue weighted by atomic mass is 10.0. The maximum absolute atomic E-state index is 11.7. The van der Waals surface area contributed by atoms with Crippen molar-refractivity contribution in [3.05, 3.63) is 57.0 Å². The van der Waals surface area contributed by atoms with Crippen molar-refractivity contribution >= 4 is 5.69 Å². The molecule has 4 heteroatoms. The summed E-state index contributed by atoms with van der Waals surface area (Å²) in [5, 5.41) is 6.41. The molecule has 0 radical (unpaired) electrons. The number of benzene rings is 1. The number of rotatable bonds is 1. The predicted molar refractivity (Wildman–Crippen MR) is 75.4 cm³/mol. The Kier molecular flexibility index (Phi) is 2.66. The number of aryl methyl sites for hydroxylation is 1. The largest absolute Gasteiger partial charge is 0.359 e.